The number of Topliss-reactive ketones (excluding diaryl/α,β-unsaturated/α-hetero) is 1. The average Bonchev–Trinajstić information content (AvgIpc) is 3.33. The Kier molecular flexibility index (Phi) is 5.99. The van der Waals surface area contributed by atoms with Crippen molar-refractivity contribution in [3.8, 4) is 0 Å². The highest BCUT2D eigenvalue weighted by molar-refractivity contribution is 7.11. The summed E-state index contributed by atoms with van der Waals surface area (Å²) in [7, 11) is 0. The number of hydrogen-bond acceptors (Lipinski definition) is 7. The van der Waals surface area contributed by atoms with E-state index >= 15 is 0 Å². The lowest BCUT2D eigenvalue weighted by Crippen LogP contribution is -2.36. The van der Waals surface area contributed by atoms with Gasteiger partial charge in [-0.1, -0.05) is 32.0 Å². The van der Waals surface area contributed by atoms with Crippen LogP contribution >= 0.6 is 22.7 Å². The summed E-state index contributed by atoms with van der Waals surface area (Å²) in [5.74, 6) is 0.282. The van der Waals surface area contributed by atoms with Crippen LogP contribution in [0.25, 0.3) is 12.2 Å². The van der Waals surface area contributed by atoms with Gasteiger partial charge in [0.2, 0.25) is 5.91 Å². The van der Waals surface area contributed by atoms with Crippen LogP contribution < -0.4 is 20.1 Å². The summed E-state index contributed by atoms with van der Waals surface area (Å²) in [5, 5.41) is 8.24. The van der Waals surface area contributed by atoms with Gasteiger partial charge in [-0.25, -0.2) is 0 Å². The van der Waals surface area contributed by atoms with Crippen molar-refractivity contribution in [2.24, 2.45) is 5.41 Å². The number of nitrogens with one attached hydrogen (secondary N) is 1. The molecular weight excluding hydrogens is 410 g/mol. The van der Waals surface area contributed by atoms with Gasteiger partial charge in [0.15, 0.2) is 11.6 Å². The van der Waals surface area contributed by atoms with Crippen LogP contribution in [0, 0.1) is 12.3 Å². The molecule has 9 heteroatoms. The number of hydrogen-bond donors (Lipinski definition) is 1. The van der Waals surface area contributed by atoms with Crippen molar-refractivity contribution in [3.63, 3.8) is 0 Å². The normalized spacial score (nSPS) is 13.1. The van der Waals surface area contributed by atoms with Crippen molar-refractivity contribution < 1.29 is 14.1 Å². The van der Waals surface area contributed by atoms with E-state index in [4.69, 9.17) is 4.52 Å². The van der Waals surface area contributed by atoms with Crippen LogP contribution in [-0.2, 0) is 16.1 Å². The van der Waals surface area contributed by atoms with Gasteiger partial charge in [0.05, 0.1) is 4.53 Å². The molecule has 0 aliphatic carbocycles. The molecule has 0 unspecified atom stereocenters. The second-order valence-electron chi connectivity index (χ2n) is 7.49. The summed E-state index contributed by atoms with van der Waals surface area (Å²) in [6.45, 7) is 6.90. The molecule has 7 nitrogen and oxygen atoms in total. The van der Waals surface area contributed by atoms with Crippen LogP contribution in [0.1, 0.15) is 31.4 Å². The maximum absolute atomic E-state index is 12.9. The summed E-state index contributed by atoms with van der Waals surface area (Å²) < 4.78 is 7.14. The average molecular weight is 432 g/mol. The van der Waals surface area contributed by atoms with Gasteiger partial charge in [0, 0.05) is 22.4 Å². The number of rotatable bonds is 5. The molecule has 1 N–H and O–H groups in total. The van der Waals surface area contributed by atoms with Gasteiger partial charge < -0.3 is 9.84 Å². The Morgan fingerprint density at radius 2 is 2.10 bits per heavy atom. The van der Waals surface area contributed by atoms with E-state index < -0.39 is 11.3 Å². The monoisotopic (exact) mass is 431 g/mol. The van der Waals surface area contributed by atoms with Crippen molar-refractivity contribution in [1.82, 2.24) is 9.72 Å². The first-order valence-corrected chi connectivity index (χ1v) is 10.6. The van der Waals surface area contributed by atoms with E-state index in [0.29, 0.717) is 15.0 Å². The van der Waals surface area contributed by atoms with E-state index in [1.54, 1.807) is 39.8 Å². The van der Waals surface area contributed by atoms with E-state index in [1.165, 1.54) is 33.3 Å². The third kappa shape index (κ3) is 5.18. The zero-order chi connectivity index (χ0) is 21.2. The Hall–Kier alpha value is -2.78. The molecule has 0 saturated heterocycles. The quantitative estimate of drug-likeness (QED) is 0.668. The van der Waals surface area contributed by atoms with Crippen molar-refractivity contribution in [2.45, 2.75) is 34.2 Å². The molecule has 0 fully saturated rings. The minimum absolute atomic E-state index is 0.122. The summed E-state index contributed by atoms with van der Waals surface area (Å²) in [6, 6.07) is 5.38. The topological polar surface area (TPSA) is 94.2 Å². The molecule has 0 radical (unpaired) electrons. The van der Waals surface area contributed by atoms with Crippen LogP contribution in [0.5, 0.6) is 0 Å². The number of amides is 1. The molecule has 1 amide bonds. The third-order valence-corrected chi connectivity index (χ3v) is 5.82. The van der Waals surface area contributed by atoms with Gasteiger partial charge in [0.25, 0.3) is 5.56 Å². The zero-order valence-corrected chi connectivity index (χ0v) is 18.1. The number of aryl methyl sites for hydroxylation is 1. The van der Waals surface area contributed by atoms with Gasteiger partial charge >= 0.3 is 0 Å². The number of thiophene rings is 1. The molecular formula is C20H21N3O4S2. The molecule has 29 heavy (non-hydrogen) atoms. The summed E-state index contributed by atoms with van der Waals surface area (Å²) >= 11 is 2.70. The predicted molar refractivity (Wildman–Crippen MR) is 115 cm³/mol. The largest absolute Gasteiger partial charge is 0.360 e. The fraction of sp³-hybridized carbons (Fsp3) is 0.300. The van der Waals surface area contributed by atoms with Crippen molar-refractivity contribution in [3.05, 3.63) is 53.8 Å². The van der Waals surface area contributed by atoms with E-state index in [9.17, 15) is 14.4 Å². The molecule has 0 aliphatic rings. The van der Waals surface area contributed by atoms with Gasteiger partial charge in [0.1, 0.15) is 17.0 Å². The van der Waals surface area contributed by atoms with Gasteiger partial charge in [-0.05, 0) is 24.4 Å². The van der Waals surface area contributed by atoms with Gasteiger partial charge in [-0.2, -0.15) is 0 Å². The molecule has 0 aromatic carbocycles. The first-order chi connectivity index (χ1) is 13.6. The molecule has 3 aromatic heterocycles. The molecule has 3 rings (SSSR count). The van der Waals surface area contributed by atoms with Crippen molar-refractivity contribution in [2.75, 3.05) is 5.32 Å². The van der Waals surface area contributed by atoms with Gasteiger partial charge in [-0.3, -0.25) is 19.0 Å². The molecule has 3 aromatic rings. The molecule has 0 bridgehead atoms. The van der Waals surface area contributed by atoms with Crippen LogP contribution in [-0.4, -0.2) is 21.4 Å². The zero-order valence-electron chi connectivity index (χ0n) is 16.5. The molecule has 0 spiro atoms. The second kappa shape index (κ2) is 8.30. The Balaban J connectivity index is 2.02. The number of nitrogens with zero attached hydrogens (tertiary/aromatic N) is 2. The Bertz CT molecular complexity index is 1210. The number of thiazole rings is 1. The number of carbonyl (C=O) groups is 2. The van der Waals surface area contributed by atoms with Crippen molar-refractivity contribution in [1.29, 1.82) is 0 Å². The highest BCUT2D eigenvalue weighted by atomic mass is 32.1. The van der Waals surface area contributed by atoms with Crippen LogP contribution in [0.3, 0.4) is 0 Å². The smallest absolute Gasteiger partial charge is 0.269 e. The van der Waals surface area contributed by atoms with E-state index in [-0.39, 0.29) is 23.7 Å². The van der Waals surface area contributed by atoms with Crippen molar-refractivity contribution >= 4 is 52.3 Å². The molecule has 0 atom stereocenters. The first-order valence-electron chi connectivity index (χ1n) is 8.88. The highest BCUT2D eigenvalue weighted by Crippen LogP contribution is 2.15. The summed E-state index contributed by atoms with van der Waals surface area (Å²) in [6.07, 6.45) is 3.21. The summed E-state index contributed by atoms with van der Waals surface area (Å²) in [4.78, 5) is 38.8. The second-order valence-corrected chi connectivity index (χ2v) is 9.53. The number of aromatic nitrogens is 2. The van der Waals surface area contributed by atoms with Gasteiger partial charge in [-0.15, -0.1) is 22.7 Å². The number of ketones is 1. The third-order valence-electron chi connectivity index (χ3n) is 3.94. The summed E-state index contributed by atoms with van der Waals surface area (Å²) in [5.41, 5.74) is -0.911. The molecule has 0 aliphatic heterocycles. The minimum Gasteiger partial charge on any atom is -0.360 e. The number of carbonyl (C=O) groups excluding carboxylic acids is 2. The van der Waals surface area contributed by atoms with Crippen LogP contribution in [0.2, 0.25) is 0 Å². The molecule has 152 valence electrons. The van der Waals surface area contributed by atoms with Crippen LogP contribution in [0.15, 0.2) is 32.9 Å². The fourth-order valence-corrected chi connectivity index (χ4v) is 4.14. The predicted octanol–water partition coefficient (Wildman–Crippen LogP) is 2.13. The molecule has 3 heterocycles. The lowest BCUT2D eigenvalue weighted by Gasteiger charge is -2.12. The first kappa shape index (κ1) is 20.9. The standard InChI is InChI=1S/C20H21N3O4S2/c1-12-8-16(22-27-12)21-17(25)11-23-18(10-15(24)20(2,3)4)29-14(19(23)26)9-13-6-5-7-28-13/h5-10H,11H2,1-4H3,(H,21,22,25). The lowest BCUT2D eigenvalue weighted by molar-refractivity contribution is -0.120. The number of anilines is 1. The van der Waals surface area contributed by atoms with E-state index in [2.05, 4.69) is 10.5 Å². The Labute approximate surface area is 175 Å². The SMILES string of the molecule is Cc1cc(NC(=O)Cn2c(=CC(=O)C(C)(C)C)sc(=Cc3cccs3)c2=O)no1. The lowest BCUT2D eigenvalue weighted by atomic mass is 9.91. The fourth-order valence-electron chi connectivity index (χ4n) is 2.38. The Morgan fingerprint density at radius 3 is 2.69 bits per heavy atom. The van der Waals surface area contributed by atoms with E-state index in [0.717, 1.165) is 4.88 Å². The Morgan fingerprint density at radius 1 is 1.34 bits per heavy atom. The maximum Gasteiger partial charge on any atom is 0.269 e. The maximum atomic E-state index is 12.9. The molecule has 0 saturated carbocycles. The highest BCUT2D eigenvalue weighted by Gasteiger charge is 2.20. The minimum atomic E-state index is -0.594. The van der Waals surface area contributed by atoms with Crippen LogP contribution in [0.4, 0.5) is 5.82 Å². The van der Waals surface area contributed by atoms with E-state index in [1.807, 2.05) is 17.5 Å².